The number of carboxylic acids is 1. The van der Waals surface area contributed by atoms with Crippen LogP contribution in [0.25, 0.3) is 0 Å². The van der Waals surface area contributed by atoms with Crippen LogP contribution in [0.15, 0.2) is 0 Å². The second kappa shape index (κ2) is 15.2. The van der Waals surface area contributed by atoms with Crippen LogP contribution in [0.5, 0.6) is 0 Å². The molecule has 0 amide bonds. The maximum absolute atomic E-state index is 12.2. The minimum Gasteiger partial charge on any atom is -0.481 e. The van der Waals surface area contributed by atoms with Crippen molar-refractivity contribution >= 4 is 11.9 Å². The van der Waals surface area contributed by atoms with Crippen LogP contribution in [0.2, 0.25) is 0 Å². The van der Waals surface area contributed by atoms with Crippen molar-refractivity contribution in [2.24, 2.45) is 0 Å². The molecule has 0 aliphatic rings. The average molecular weight is 359 g/mol. The van der Waals surface area contributed by atoms with E-state index < -0.39 is 24.0 Å². The van der Waals surface area contributed by atoms with Crippen molar-refractivity contribution < 1.29 is 24.5 Å². The number of hydrogen-bond donors (Lipinski definition) is 2. The van der Waals surface area contributed by atoms with Crippen LogP contribution in [0.4, 0.5) is 0 Å². The van der Waals surface area contributed by atoms with Gasteiger partial charge in [-0.2, -0.15) is 0 Å². The average Bonchev–Trinajstić information content (AvgIpc) is 2.56. The molecule has 0 spiro atoms. The molecule has 0 aromatic carbocycles. The molecule has 0 radical (unpaired) electrons. The number of esters is 1. The van der Waals surface area contributed by atoms with Gasteiger partial charge in [0.05, 0.1) is 13.0 Å². The van der Waals surface area contributed by atoms with Crippen molar-refractivity contribution in [2.45, 2.75) is 109 Å². The molecule has 0 aliphatic carbocycles. The first-order valence-corrected chi connectivity index (χ1v) is 10.1. The molecule has 0 bridgehead atoms. The lowest BCUT2D eigenvalue weighted by Gasteiger charge is -2.24. The van der Waals surface area contributed by atoms with Crippen LogP contribution in [-0.2, 0) is 14.3 Å². The van der Waals surface area contributed by atoms with E-state index in [9.17, 15) is 14.7 Å². The summed E-state index contributed by atoms with van der Waals surface area (Å²) < 4.78 is 5.16. The number of carbonyl (C=O) groups excluding carboxylic acids is 1. The number of carbonyl (C=O) groups is 2. The van der Waals surface area contributed by atoms with Crippen molar-refractivity contribution in [3.63, 3.8) is 0 Å². The van der Waals surface area contributed by atoms with Gasteiger partial charge >= 0.3 is 11.9 Å². The topological polar surface area (TPSA) is 83.8 Å². The summed E-state index contributed by atoms with van der Waals surface area (Å²) in [6.45, 7) is 4.56. The number of ether oxygens (including phenoxy) is 1. The second-order valence-corrected chi connectivity index (χ2v) is 7.02. The first kappa shape index (κ1) is 23.9. The van der Waals surface area contributed by atoms with E-state index in [1.807, 2.05) is 0 Å². The van der Waals surface area contributed by atoms with E-state index in [1.165, 1.54) is 25.7 Å². The van der Waals surface area contributed by atoms with E-state index in [1.54, 1.807) is 0 Å². The van der Waals surface area contributed by atoms with Gasteiger partial charge in [0.25, 0.3) is 0 Å². The summed E-state index contributed by atoms with van der Waals surface area (Å²) in [6, 6.07) is 0. The summed E-state index contributed by atoms with van der Waals surface area (Å²) in [5, 5.41) is 19.5. The van der Waals surface area contributed by atoms with Gasteiger partial charge in [-0.25, -0.2) is 4.79 Å². The van der Waals surface area contributed by atoms with Gasteiger partial charge in [-0.05, 0) is 19.3 Å². The summed E-state index contributed by atoms with van der Waals surface area (Å²) in [5.41, 5.74) is -1.89. The summed E-state index contributed by atoms with van der Waals surface area (Å²) >= 11 is 0. The molecule has 0 fully saturated rings. The Morgan fingerprint density at radius 1 is 0.800 bits per heavy atom. The maximum atomic E-state index is 12.2. The third kappa shape index (κ3) is 12.9. The van der Waals surface area contributed by atoms with Crippen molar-refractivity contribution in [1.82, 2.24) is 0 Å². The van der Waals surface area contributed by atoms with Crippen LogP contribution < -0.4 is 0 Å². The quantitative estimate of drug-likeness (QED) is 0.287. The summed E-state index contributed by atoms with van der Waals surface area (Å²) in [4.78, 5) is 23.2. The van der Waals surface area contributed by atoms with E-state index in [0.717, 1.165) is 44.9 Å². The fourth-order valence-corrected chi connectivity index (χ4v) is 2.89. The van der Waals surface area contributed by atoms with E-state index >= 15 is 0 Å². The molecule has 0 rings (SSSR count). The highest BCUT2D eigenvalue weighted by molar-refractivity contribution is 5.85. The summed E-state index contributed by atoms with van der Waals surface area (Å²) in [5.74, 6) is -1.96. The summed E-state index contributed by atoms with van der Waals surface area (Å²) in [6.07, 6.45) is 12.1. The van der Waals surface area contributed by atoms with Gasteiger partial charge < -0.3 is 14.9 Å². The molecule has 0 aromatic heterocycles. The van der Waals surface area contributed by atoms with Gasteiger partial charge in [0.1, 0.15) is 0 Å². The lowest BCUT2D eigenvalue weighted by atomic mass is 9.92. The smallest absolute Gasteiger partial charge is 0.338 e. The van der Waals surface area contributed by atoms with E-state index in [4.69, 9.17) is 9.84 Å². The van der Waals surface area contributed by atoms with Gasteiger partial charge in [0, 0.05) is 0 Å². The van der Waals surface area contributed by atoms with Crippen molar-refractivity contribution in [2.75, 3.05) is 6.61 Å². The lowest BCUT2D eigenvalue weighted by molar-refractivity contribution is -0.172. The molecule has 2 N–H and O–H groups in total. The van der Waals surface area contributed by atoms with Crippen molar-refractivity contribution in [1.29, 1.82) is 0 Å². The molecule has 148 valence electrons. The number of aliphatic hydroxyl groups is 1. The highest BCUT2D eigenvalue weighted by Gasteiger charge is 2.39. The Balaban J connectivity index is 4.14. The van der Waals surface area contributed by atoms with E-state index in [0.29, 0.717) is 6.42 Å². The molecule has 25 heavy (non-hydrogen) atoms. The lowest BCUT2D eigenvalue weighted by Crippen LogP contribution is -2.42. The molecule has 1 atom stereocenters. The first-order chi connectivity index (χ1) is 12.0. The standard InChI is InChI=1S/C20H38O5/c1-3-5-7-9-11-13-15-20(24,17-18(21)22)19(23)25-16-14-12-10-8-6-4-2/h24H,3-17H2,1-2H3,(H,21,22). The van der Waals surface area contributed by atoms with Gasteiger partial charge in [-0.1, -0.05) is 78.1 Å². The molecule has 5 heteroatoms. The van der Waals surface area contributed by atoms with Gasteiger partial charge in [-0.3, -0.25) is 4.79 Å². The van der Waals surface area contributed by atoms with Crippen LogP contribution in [-0.4, -0.2) is 34.4 Å². The second-order valence-electron chi connectivity index (χ2n) is 7.02. The molecule has 1 unspecified atom stereocenters. The van der Waals surface area contributed by atoms with Crippen LogP contribution in [0.3, 0.4) is 0 Å². The number of rotatable bonds is 17. The SMILES string of the molecule is CCCCCCCCOC(=O)C(O)(CCCCCCCC)CC(=O)O. The molecule has 0 saturated carbocycles. The Morgan fingerprint density at radius 2 is 1.28 bits per heavy atom. The predicted octanol–water partition coefficient (Wildman–Crippen LogP) is 4.85. The highest BCUT2D eigenvalue weighted by Crippen LogP contribution is 2.22. The molecule has 0 aliphatic heterocycles. The largest absolute Gasteiger partial charge is 0.481 e. The molecule has 0 saturated heterocycles. The van der Waals surface area contributed by atoms with Gasteiger partial charge in [0.15, 0.2) is 5.60 Å². The zero-order valence-electron chi connectivity index (χ0n) is 16.2. The number of carboxylic acid groups (broad SMARTS) is 1. The zero-order valence-corrected chi connectivity index (χ0v) is 16.2. The van der Waals surface area contributed by atoms with Crippen LogP contribution >= 0.6 is 0 Å². The Hall–Kier alpha value is -1.10. The van der Waals surface area contributed by atoms with Crippen molar-refractivity contribution in [3.05, 3.63) is 0 Å². The van der Waals surface area contributed by atoms with E-state index in [-0.39, 0.29) is 13.0 Å². The minimum atomic E-state index is -1.89. The first-order valence-electron chi connectivity index (χ1n) is 10.1. The van der Waals surface area contributed by atoms with Crippen LogP contribution in [0, 0.1) is 0 Å². The third-order valence-corrected chi connectivity index (χ3v) is 4.50. The minimum absolute atomic E-state index is 0.154. The van der Waals surface area contributed by atoms with Crippen molar-refractivity contribution in [3.8, 4) is 0 Å². The fraction of sp³-hybridized carbons (Fsp3) is 0.900. The third-order valence-electron chi connectivity index (χ3n) is 4.50. The van der Waals surface area contributed by atoms with E-state index in [2.05, 4.69) is 13.8 Å². The maximum Gasteiger partial charge on any atom is 0.338 e. The molecular weight excluding hydrogens is 320 g/mol. The highest BCUT2D eigenvalue weighted by atomic mass is 16.5. The fourth-order valence-electron chi connectivity index (χ4n) is 2.89. The monoisotopic (exact) mass is 358 g/mol. The Morgan fingerprint density at radius 3 is 1.80 bits per heavy atom. The normalized spacial score (nSPS) is 13.4. The Bertz CT molecular complexity index is 356. The van der Waals surface area contributed by atoms with Gasteiger partial charge in [0.2, 0.25) is 0 Å². The van der Waals surface area contributed by atoms with Gasteiger partial charge in [-0.15, -0.1) is 0 Å². The number of hydrogen-bond acceptors (Lipinski definition) is 4. The molecule has 5 nitrogen and oxygen atoms in total. The molecular formula is C20H38O5. The number of aliphatic carboxylic acids is 1. The Labute approximate surface area is 153 Å². The predicted molar refractivity (Wildman–Crippen MR) is 99.5 cm³/mol. The number of unbranched alkanes of at least 4 members (excludes halogenated alkanes) is 10. The Kier molecular flexibility index (Phi) is 14.5. The zero-order chi connectivity index (χ0) is 19.0. The van der Waals surface area contributed by atoms with Crippen LogP contribution in [0.1, 0.15) is 104 Å². The molecule has 0 heterocycles. The summed E-state index contributed by atoms with van der Waals surface area (Å²) in [7, 11) is 0. The molecule has 0 aromatic rings.